The fourth-order valence-electron chi connectivity index (χ4n) is 1.91. The number of rotatable bonds is 6. The highest BCUT2D eigenvalue weighted by Crippen LogP contribution is 2.28. The second kappa shape index (κ2) is 7.39. The van der Waals surface area contributed by atoms with Gasteiger partial charge in [-0.15, -0.1) is 22.9 Å². The molecule has 21 heavy (non-hydrogen) atoms. The van der Waals surface area contributed by atoms with Crippen molar-refractivity contribution in [3.63, 3.8) is 0 Å². The second-order valence-electron chi connectivity index (χ2n) is 6.30. The Morgan fingerprint density at radius 3 is 2.67 bits per heavy atom. The van der Waals surface area contributed by atoms with E-state index in [1.54, 1.807) is 11.3 Å². The fraction of sp³-hybridized carbons (Fsp3) is 0.471. The molecule has 0 aliphatic carbocycles. The van der Waals surface area contributed by atoms with Gasteiger partial charge in [0.1, 0.15) is 5.01 Å². The van der Waals surface area contributed by atoms with E-state index in [1.807, 2.05) is 17.5 Å². The molecule has 1 aromatic heterocycles. The van der Waals surface area contributed by atoms with Crippen LogP contribution in [0.1, 0.15) is 38.4 Å². The Labute approximate surface area is 136 Å². The average molecular weight is 324 g/mol. The summed E-state index contributed by atoms with van der Waals surface area (Å²) < 4.78 is 5.84. The topological polar surface area (TPSA) is 22.1 Å². The van der Waals surface area contributed by atoms with Crippen LogP contribution in [0.25, 0.3) is 10.6 Å². The molecule has 2 rings (SSSR count). The number of aromatic nitrogens is 1. The predicted molar refractivity (Wildman–Crippen MR) is 90.8 cm³/mol. The first kappa shape index (κ1) is 16.5. The Morgan fingerprint density at radius 1 is 1.24 bits per heavy atom. The highest BCUT2D eigenvalue weighted by molar-refractivity contribution is 7.13. The van der Waals surface area contributed by atoms with Gasteiger partial charge in [-0.1, -0.05) is 45.0 Å². The number of halogens is 1. The number of hydrogen-bond donors (Lipinski definition) is 0. The van der Waals surface area contributed by atoms with Crippen LogP contribution in [0.5, 0.6) is 0 Å². The summed E-state index contributed by atoms with van der Waals surface area (Å²) in [7, 11) is 0. The SMILES string of the molecule is CC(C)(C)CCOCc1ccccc1-c1nc(CCl)cs1. The molecule has 0 fully saturated rings. The standard InChI is InChI=1S/C17H22ClNOS/c1-17(2,3)8-9-20-11-13-6-4-5-7-15(13)16-19-14(10-18)12-21-16/h4-7,12H,8-11H2,1-3H3. The number of alkyl halides is 1. The lowest BCUT2D eigenvalue weighted by Gasteiger charge is -2.18. The van der Waals surface area contributed by atoms with Crippen molar-refractivity contribution < 1.29 is 4.74 Å². The van der Waals surface area contributed by atoms with E-state index in [0.29, 0.717) is 17.9 Å². The third kappa shape index (κ3) is 5.10. The van der Waals surface area contributed by atoms with Gasteiger partial charge >= 0.3 is 0 Å². The van der Waals surface area contributed by atoms with Crippen LogP contribution in [0.4, 0.5) is 0 Å². The van der Waals surface area contributed by atoms with Crippen molar-refractivity contribution in [2.24, 2.45) is 5.41 Å². The summed E-state index contributed by atoms with van der Waals surface area (Å²) in [6.45, 7) is 8.10. The zero-order valence-electron chi connectivity index (χ0n) is 12.9. The van der Waals surface area contributed by atoms with Crippen LogP contribution in [0.2, 0.25) is 0 Å². The molecule has 2 aromatic rings. The smallest absolute Gasteiger partial charge is 0.124 e. The lowest BCUT2D eigenvalue weighted by Crippen LogP contribution is -2.09. The van der Waals surface area contributed by atoms with Crippen molar-refractivity contribution in [1.29, 1.82) is 0 Å². The van der Waals surface area contributed by atoms with Crippen molar-refractivity contribution in [1.82, 2.24) is 4.98 Å². The Bertz CT molecular complexity index is 574. The Balaban J connectivity index is 2.03. The van der Waals surface area contributed by atoms with Crippen LogP contribution >= 0.6 is 22.9 Å². The van der Waals surface area contributed by atoms with Gasteiger partial charge < -0.3 is 4.74 Å². The molecule has 0 bridgehead atoms. The summed E-state index contributed by atoms with van der Waals surface area (Å²) in [5, 5.41) is 3.03. The molecule has 0 aliphatic heterocycles. The first-order valence-corrected chi connectivity index (χ1v) is 8.57. The first-order chi connectivity index (χ1) is 9.99. The van der Waals surface area contributed by atoms with Crippen LogP contribution in [-0.2, 0) is 17.2 Å². The largest absolute Gasteiger partial charge is 0.377 e. The maximum absolute atomic E-state index is 5.84. The lowest BCUT2D eigenvalue weighted by molar-refractivity contribution is 0.0965. The summed E-state index contributed by atoms with van der Waals surface area (Å²) in [4.78, 5) is 4.56. The minimum Gasteiger partial charge on any atom is -0.377 e. The van der Waals surface area contributed by atoms with Gasteiger partial charge in [0.05, 0.1) is 18.2 Å². The molecule has 0 aliphatic rings. The van der Waals surface area contributed by atoms with Gasteiger partial charge in [-0.05, 0) is 17.4 Å². The van der Waals surface area contributed by atoms with Crippen molar-refractivity contribution in [3.05, 3.63) is 40.9 Å². The molecule has 0 unspecified atom stereocenters. The van der Waals surface area contributed by atoms with Gasteiger partial charge in [-0.2, -0.15) is 0 Å². The maximum atomic E-state index is 5.84. The van der Waals surface area contributed by atoms with Gasteiger partial charge in [0, 0.05) is 17.6 Å². The summed E-state index contributed by atoms with van der Waals surface area (Å²) in [5.41, 5.74) is 3.57. The molecule has 0 saturated carbocycles. The molecule has 0 atom stereocenters. The van der Waals surface area contributed by atoms with Crippen LogP contribution < -0.4 is 0 Å². The number of thiazole rings is 1. The zero-order valence-corrected chi connectivity index (χ0v) is 14.4. The molecule has 0 N–H and O–H groups in total. The van der Waals surface area contributed by atoms with E-state index >= 15 is 0 Å². The molecule has 0 amide bonds. The molecular formula is C17H22ClNOS. The molecule has 2 nitrogen and oxygen atoms in total. The molecular weight excluding hydrogens is 302 g/mol. The van der Waals surface area contributed by atoms with E-state index in [2.05, 4.69) is 37.9 Å². The Morgan fingerprint density at radius 2 is 2.00 bits per heavy atom. The number of hydrogen-bond acceptors (Lipinski definition) is 3. The second-order valence-corrected chi connectivity index (χ2v) is 7.42. The molecule has 0 spiro atoms. The normalized spacial score (nSPS) is 11.8. The van der Waals surface area contributed by atoms with Crippen LogP contribution in [0, 0.1) is 5.41 Å². The molecule has 0 radical (unpaired) electrons. The predicted octanol–water partition coefficient (Wildman–Crippen LogP) is 5.50. The van der Waals surface area contributed by atoms with Crippen molar-refractivity contribution in [2.75, 3.05) is 6.61 Å². The van der Waals surface area contributed by atoms with E-state index in [1.165, 1.54) is 5.56 Å². The maximum Gasteiger partial charge on any atom is 0.124 e. The molecule has 4 heteroatoms. The monoisotopic (exact) mass is 323 g/mol. The third-order valence-electron chi connectivity index (χ3n) is 3.19. The molecule has 114 valence electrons. The van der Waals surface area contributed by atoms with Gasteiger partial charge in [-0.25, -0.2) is 4.98 Å². The number of ether oxygens (including phenoxy) is 1. The van der Waals surface area contributed by atoms with E-state index < -0.39 is 0 Å². The summed E-state index contributed by atoms with van der Waals surface area (Å²) in [6, 6.07) is 8.28. The highest BCUT2D eigenvalue weighted by atomic mass is 35.5. The minimum absolute atomic E-state index is 0.310. The van der Waals surface area contributed by atoms with Gasteiger partial charge in [0.2, 0.25) is 0 Å². The van der Waals surface area contributed by atoms with Gasteiger partial charge in [0.25, 0.3) is 0 Å². The van der Waals surface area contributed by atoms with E-state index in [0.717, 1.165) is 29.3 Å². The molecule has 0 saturated heterocycles. The quantitative estimate of drug-likeness (QED) is 0.517. The fourth-order valence-corrected chi connectivity index (χ4v) is 3.02. The third-order valence-corrected chi connectivity index (χ3v) is 4.39. The molecule has 1 heterocycles. The van der Waals surface area contributed by atoms with Crippen molar-refractivity contribution in [2.45, 2.75) is 39.7 Å². The minimum atomic E-state index is 0.310. The van der Waals surface area contributed by atoms with Crippen LogP contribution in [0.3, 0.4) is 0 Å². The Hall–Kier alpha value is -0.900. The van der Waals surface area contributed by atoms with E-state index in [9.17, 15) is 0 Å². The zero-order chi connectivity index (χ0) is 15.3. The van der Waals surface area contributed by atoms with Gasteiger partial charge in [-0.3, -0.25) is 0 Å². The van der Waals surface area contributed by atoms with E-state index in [4.69, 9.17) is 16.3 Å². The van der Waals surface area contributed by atoms with Crippen molar-refractivity contribution in [3.8, 4) is 10.6 Å². The average Bonchev–Trinajstić information content (AvgIpc) is 2.92. The van der Waals surface area contributed by atoms with Gasteiger partial charge in [0.15, 0.2) is 0 Å². The number of benzene rings is 1. The van der Waals surface area contributed by atoms with Crippen LogP contribution in [0.15, 0.2) is 29.6 Å². The molecule has 1 aromatic carbocycles. The summed E-state index contributed by atoms with van der Waals surface area (Å²) >= 11 is 7.47. The summed E-state index contributed by atoms with van der Waals surface area (Å²) in [6.07, 6.45) is 1.06. The Kier molecular flexibility index (Phi) is 5.80. The highest BCUT2D eigenvalue weighted by Gasteiger charge is 2.11. The lowest BCUT2D eigenvalue weighted by atomic mass is 9.93. The van der Waals surface area contributed by atoms with E-state index in [-0.39, 0.29) is 0 Å². The van der Waals surface area contributed by atoms with Crippen molar-refractivity contribution >= 4 is 22.9 Å². The first-order valence-electron chi connectivity index (χ1n) is 7.16. The van der Waals surface area contributed by atoms with Crippen LogP contribution in [-0.4, -0.2) is 11.6 Å². The number of nitrogens with zero attached hydrogens (tertiary/aromatic N) is 1. The summed E-state index contributed by atoms with van der Waals surface area (Å²) in [5.74, 6) is 0.459.